The van der Waals surface area contributed by atoms with Crippen molar-refractivity contribution in [2.24, 2.45) is 4.99 Å². The third kappa shape index (κ3) is 5.75. The zero-order valence-corrected chi connectivity index (χ0v) is 19.8. The average molecular weight is 524 g/mol. The molecule has 2 aromatic rings. The standard InChI is InChI=1S/C21H16BrClN2O5S/c1-11(26)29-17-9-13(8-16(22)19(17)30-12(2)27)10-18-20(28)24-21(31-18)25(3)15-6-4-14(23)5-7-15/h4-10H,1-3H3/b18-10-. The van der Waals surface area contributed by atoms with Crippen LogP contribution in [-0.2, 0) is 14.4 Å². The van der Waals surface area contributed by atoms with Gasteiger partial charge in [-0.25, -0.2) is 0 Å². The van der Waals surface area contributed by atoms with E-state index < -0.39 is 17.8 Å². The molecule has 0 fully saturated rings. The summed E-state index contributed by atoms with van der Waals surface area (Å²) in [6.07, 6.45) is 1.62. The number of anilines is 1. The first-order valence-electron chi connectivity index (χ1n) is 8.86. The number of ether oxygens (including phenoxy) is 2. The lowest BCUT2D eigenvalue weighted by atomic mass is 10.2. The Kier molecular flexibility index (Phi) is 7.19. The molecule has 160 valence electrons. The molecule has 0 N–H and O–H groups in total. The minimum atomic E-state index is -0.577. The summed E-state index contributed by atoms with van der Waals surface area (Å²) in [6.45, 7) is 2.48. The maximum atomic E-state index is 12.4. The number of rotatable bonds is 4. The molecular weight excluding hydrogens is 508 g/mol. The van der Waals surface area contributed by atoms with Gasteiger partial charge in [-0.05, 0) is 75.7 Å². The highest BCUT2D eigenvalue weighted by Crippen LogP contribution is 2.39. The van der Waals surface area contributed by atoms with Crippen LogP contribution in [0.3, 0.4) is 0 Å². The molecule has 0 atom stereocenters. The molecule has 0 saturated heterocycles. The predicted octanol–water partition coefficient (Wildman–Crippen LogP) is 5.06. The van der Waals surface area contributed by atoms with Crippen LogP contribution in [0.15, 0.2) is 50.8 Å². The molecule has 0 unspecified atom stereocenters. The zero-order valence-electron chi connectivity index (χ0n) is 16.6. The number of halogens is 2. The number of aliphatic imine (C=N–C) groups is 1. The Morgan fingerprint density at radius 2 is 1.77 bits per heavy atom. The van der Waals surface area contributed by atoms with Gasteiger partial charge in [0.15, 0.2) is 16.7 Å². The van der Waals surface area contributed by atoms with Crippen LogP contribution in [0.5, 0.6) is 11.5 Å². The molecular formula is C21H16BrClN2O5S. The normalized spacial score (nSPS) is 14.4. The minimum Gasteiger partial charge on any atom is -0.423 e. The van der Waals surface area contributed by atoms with E-state index >= 15 is 0 Å². The summed E-state index contributed by atoms with van der Waals surface area (Å²) in [7, 11) is 1.80. The Hall–Kier alpha value is -2.62. The van der Waals surface area contributed by atoms with Crippen molar-refractivity contribution in [3.8, 4) is 11.5 Å². The number of carbonyl (C=O) groups is 3. The van der Waals surface area contributed by atoms with Crippen LogP contribution in [0.2, 0.25) is 5.02 Å². The SMILES string of the molecule is CC(=O)Oc1cc(/C=C2\SC(N(C)c3ccc(Cl)cc3)=NC2=O)cc(Br)c1OC(C)=O. The topological polar surface area (TPSA) is 85.3 Å². The number of thioether (sulfide) groups is 1. The Morgan fingerprint density at radius 3 is 2.39 bits per heavy atom. The Morgan fingerprint density at radius 1 is 1.13 bits per heavy atom. The summed E-state index contributed by atoms with van der Waals surface area (Å²) < 4.78 is 10.7. The first-order valence-corrected chi connectivity index (χ1v) is 10.8. The molecule has 0 saturated carbocycles. The van der Waals surface area contributed by atoms with Crippen LogP contribution < -0.4 is 14.4 Å². The molecule has 0 radical (unpaired) electrons. The highest BCUT2D eigenvalue weighted by atomic mass is 79.9. The highest BCUT2D eigenvalue weighted by Gasteiger charge is 2.26. The lowest BCUT2D eigenvalue weighted by molar-refractivity contribution is -0.134. The number of hydrogen-bond donors (Lipinski definition) is 0. The number of nitrogens with zero attached hydrogens (tertiary/aromatic N) is 2. The monoisotopic (exact) mass is 522 g/mol. The number of esters is 2. The van der Waals surface area contributed by atoms with Crippen molar-refractivity contribution in [2.45, 2.75) is 13.8 Å². The van der Waals surface area contributed by atoms with E-state index in [4.69, 9.17) is 21.1 Å². The smallest absolute Gasteiger partial charge is 0.308 e. The van der Waals surface area contributed by atoms with E-state index in [1.165, 1.54) is 31.7 Å². The summed E-state index contributed by atoms with van der Waals surface area (Å²) in [6, 6.07) is 10.3. The quantitative estimate of drug-likeness (QED) is 0.315. The van der Waals surface area contributed by atoms with Gasteiger partial charge in [0.2, 0.25) is 0 Å². The molecule has 3 rings (SSSR count). The van der Waals surface area contributed by atoms with Gasteiger partial charge < -0.3 is 14.4 Å². The fourth-order valence-electron chi connectivity index (χ4n) is 2.61. The van der Waals surface area contributed by atoms with Crippen LogP contribution in [0, 0.1) is 0 Å². The molecule has 1 amide bonds. The second-order valence-corrected chi connectivity index (χ2v) is 8.66. The lowest BCUT2D eigenvalue weighted by Crippen LogP contribution is -2.21. The highest BCUT2D eigenvalue weighted by molar-refractivity contribution is 9.10. The number of benzene rings is 2. The van der Waals surface area contributed by atoms with Crippen LogP contribution in [0.4, 0.5) is 5.69 Å². The van der Waals surface area contributed by atoms with Crippen molar-refractivity contribution in [3.05, 3.63) is 56.4 Å². The van der Waals surface area contributed by atoms with E-state index in [0.29, 0.717) is 25.1 Å². The van der Waals surface area contributed by atoms with Crippen molar-refractivity contribution in [2.75, 3.05) is 11.9 Å². The third-order valence-corrected chi connectivity index (χ3v) is 5.84. The van der Waals surface area contributed by atoms with E-state index in [1.54, 1.807) is 36.2 Å². The molecule has 10 heteroatoms. The largest absolute Gasteiger partial charge is 0.423 e. The van der Waals surface area contributed by atoms with Crippen LogP contribution in [0.1, 0.15) is 19.4 Å². The van der Waals surface area contributed by atoms with Gasteiger partial charge >= 0.3 is 11.9 Å². The van der Waals surface area contributed by atoms with Gasteiger partial charge in [-0.1, -0.05) is 11.6 Å². The summed E-state index contributed by atoms with van der Waals surface area (Å²) in [5.74, 6) is -1.40. The Balaban J connectivity index is 1.88. The molecule has 2 aromatic carbocycles. The maximum absolute atomic E-state index is 12.4. The summed E-state index contributed by atoms with van der Waals surface area (Å²) >= 11 is 10.5. The number of carbonyl (C=O) groups excluding carboxylic acids is 3. The van der Waals surface area contributed by atoms with Gasteiger partial charge in [0.1, 0.15) is 0 Å². The van der Waals surface area contributed by atoms with E-state index in [1.807, 2.05) is 12.1 Å². The maximum Gasteiger partial charge on any atom is 0.308 e. The summed E-state index contributed by atoms with van der Waals surface area (Å²) in [5, 5.41) is 1.12. The van der Waals surface area contributed by atoms with Gasteiger partial charge in [-0.15, -0.1) is 0 Å². The number of amidine groups is 1. The second kappa shape index (κ2) is 9.67. The molecule has 1 heterocycles. The first kappa shape index (κ1) is 23.1. The molecule has 0 aliphatic carbocycles. The van der Waals surface area contributed by atoms with E-state index in [9.17, 15) is 14.4 Å². The predicted molar refractivity (Wildman–Crippen MR) is 125 cm³/mol. The lowest BCUT2D eigenvalue weighted by Gasteiger charge is -2.17. The minimum absolute atomic E-state index is 0.0544. The molecule has 31 heavy (non-hydrogen) atoms. The van der Waals surface area contributed by atoms with E-state index in [2.05, 4.69) is 20.9 Å². The van der Waals surface area contributed by atoms with Gasteiger partial charge in [-0.3, -0.25) is 14.4 Å². The van der Waals surface area contributed by atoms with Crippen molar-refractivity contribution < 1.29 is 23.9 Å². The summed E-state index contributed by atoms with van der Waals surface area (Å²) in [4.78, 5) is 41.6. The number of hydrogen-bond acceptors (Lipinski definition) is 7. The second-order valence-electron chi connectivity index (χ2n) is 6.36. The fourth-order valence-corrected chi connectivity index (χ4v) is 4.18. The van der Waals surface area contributed by atoms with Crippen molar-refractivity contribution >= 4 is 74.1 Å². The van der Waals surface area contributed by atoms with Crippen LogP contribution >= 0.6 is 39.3 Å². The van der Waals surface area contributed by atoms with Gasteiger partial charge in [0, 0.05) is 31.6 Å². The van der Waals surface area contributed by atoms with Crippen LogP contribution in [0.25, 0.3) is 6.08 Å². The molecule has 1 aliphatic heterocycles. The third-order valence-electron chi connectivity index (χ3n) is 3.94. The molecule has 1 aliphatic rings. The fraction of sp³-hybridized carbons (Fsp3) is 0.143. The van der Waals surface area contributed by atoms with Crippen molar-refractivity contribution in [3.63, 3.8) is 0 Å². The Bertz CT molecular complexity index is 1130. The summed E-state index contributed by atoms with van der Waals surface area (Å²) in [5.41, 5.74) is 1.38. The number of amides is 1. The van der Waals surface area contributed by atoms with E-state index in [0.717, 1.165) is 5.69 Å². The van der Waals surface area contributed by atoms with Crippen molar-refractivity contribution in [1.29, 1.82) is 0 Å². The molecule has 0 aromatic heterocycles. The molecule has 7 nitrogen and oxygen atoms in total. The molecule has 0 spiro atoms. The average Bonchev–Trinajstić information content (AvgIpc) is 3.04. The molecule has 0 bridgehead atoms. The van der Waals surface area contributed by atoms with Crippen LogP contribution in [-0.4, -0.2) is 30.1 Å². The van der Waals surface area contributed by atoms with Gasteiger partial charge in [-0.2, -0.15) is 4.99 Å². The van der Waals surface area contributed by atoms with Crippen molar-refractivity contribution in [1.82, 2.24) is 0 Å². The first-order chi connectivity index (χ1) is 14.6. The van der Waals surface area contributed by atoms with Gasteiger partial charge in [0.05, 0.1) is 9.38 Å². The Labute approximate surface area is 196 Å². The van der Waals surface area contributed by atoms with Gasteiger partial charge in [0.25, 0.3) is 5.91 Å². The van der Waals surface area contributed by atoms with E-state index in [-0.39, 0.29) is 11.5 Å². The zero-order chi connectivity index (χ0) is 22.7.